The zero-order valence-corrected chi connectivity index (χ0v) is 17.4. The Morgan fingerprint density at radius 3 is 2.45 bits per heavy atom. The lowest BCUT2D eigenvalue weighted by molar-refractivity contribution is 0.0941. The fourth-order valence-corrected chi connectivity index (χ4v) is 4.24. The number of nitrogens with zero attached hydrogens (tertiary/aromatic N) is 1. The number of para-hydroxylation sites is 1. The number of rotatable bonds is 5. The molecule has 3 nitrogen and oxygen atoms in total. The number of fused-ring (bicyclic) bond motifs is 1. The summed E-state index contributed by atoms with van der Waals surface area (Å²) in [6, 6.07) is 27.0. The molecule has 1 aromatic heterocycles. The zero-order chi connectivity index (χ0) is 20.2. The van der Waals surface area contributed by atoms with Crippen LogP contribution in [0.25, 0.3) is 10.9 Å². The topological polar surface area (TPSA) is 42.0 Å². The highest BCUT2D eigenvalue weighted by Gasteiger charge is 2.16. The Morgan fingerprint density at radius 1 is 0.966 bits per heavy atom. The molecule has 3 aromatic carbocycles. The molecule has 0 aliphatic rings. The van der Waals surface area contributed by atoms with E-state index in [1.165, 1.54) is 11.8 Å². The summed E-state index contributed by atoms with van der Waals surface area (Å²) in [5, 5.41) is 5.33. The van der Waals surface area contributed by atoms with E-state index in [0.717, 1.165) is 26.4 Å². The minimum Gasteiger partial charge on any atom is -0.345 e. The highest BCUT2D eigenvalue weighted by atomic mass is 35.5. The molecule has 4 rings (SSSR count). The molecule has 29 heavy (non-hydrogen) atoms. The van der Waals surface area contributed by atoms with Crippen molar-refractivity contribution in [1.29, 1.82) is 0 Å². The monoisotopic (exact) mass is 418 g/mol. The SMILES string of the molecule is C[C@@H](NC(=O)c1cc(Sc2ccccc2Cl)nc2ccccc12)c1ccccc1. The number of nitrogens with one attached hydrogen (secondary N) is 1. The Balaban J connectivity index is 1.69. The predicted octanol–water partition coefficient (Wildman–Crippen LogP) is 6.53. The van der Waals surface area contributed by atoms with Gasteiger partial charge in [0.25, 0.3) is 5.91 Å². The van der Waals surface area contributed by atoms with Gasteiger partial charge in [0.1, 0.15) is 5.03 Å². The lowest BCUT2D eigenvalue weighted by Crippen LogP contribution is -2.27. The van der Waals surface area contributed by atoms with Gasteiger partial charge < -0.3 is 5.32 Å². The van der Waals surface area contributed by atoms with Crippen LogP contribution in [0, 0.1) is 0 Å². The van der Waals surface area contributed by atoms with E-state index in [1.54, 1.807) is 0 Å². The summed E-state index contributed by atoms with van der Waals surface area (Å²) < 4.78 is 0. The standard InChI is InChI=1S/C24H19ClN2OS/c1-16(17-9-3-2-4-10-17)26-24(28)19-15-23(27-21-13-7-5-11-18(19)21)29-22-14-8-6-12-20(22)25/h2-16H,1H3,(H,26,28)/t16-/m1/s1. The van der Waals surface area contributed by atoms with E-state index < -0.39 is 0 Å². The first-order valence-corrected chi connectivity index (χ1v) is 10.5. The maximum atomic E-state index is 13.1. The maximum Gasteiger partial charge on any atom is 0.252 e. The number of pyridine rings is 1. The Hall–Kier alpha value is -2.82. The first-order valence-electron chi connectivity index (χ1n) is 9.30. The fraction of sp³-hybridized carbons (Fsp3) is 0.0833. The smallest absolute Gasteiger partial charge is 0.252 e. The number of amides is 1. The van der Waals surface area contributed by atoms with Gasteiger partial charge in [0.15, 0.2) is 0 Å². The fourth-order valence-electron chi connectivity index (χ4n) is 3.13. The summed E-state index contributed by atoms with van der Waals surface area (Å²) in [4.78, 5) is 18.8. The molecule has 0 aliphatic heterocycles. The summed E-state index contributed by atoms with van der Waals surface area (Å²) in [7, 11) is 0. The predicted molar refractivity (Wildman–Crippen MR) is 120 cm³/mol. The van der Waals surface area contributed by atoms with Crippen LogP contribution in [0.15, 0.2) is 94.9 Å². The molecule has 1 atom stereocenters. The third-order valence-corrected chi connectivity index (χ3v) is 6.07. The molecule has 0 radical (unpaired) electrons. The molecule has 0 bridgehead atoms. The van der Waals surface area contributed by atoms with Crippen molar-refractivity contribution in [2.45, 2.75) is 22.9 Å². The average molecular weight is 419 g/mol. The van der Waals surface area contributed by atoms with Gasteiger partial charge in [0.05, 0.1) is 22.1 Å². The second-order valence-corrected chi connectivity index (χ2v) is 8.13. The van der Waals surface area contributed by atoms with Crippen LogP contribution in [0.3, 0.4) is 0 Å². The first-order chi connectivity index (χ1) is 14.1. The summed E-state index contributed by atoms with van der Waals surface area (Å²) in [6.45, 7) is 1.98. The van der Waals surface area contributed by atoms with Crippen LogP contribution in [0.1, 0.15) is 28.9 Å². The van der Waals surface area contributed by atoms with E-state index in [1.807, 2.05) is 91.9 Å². The van der Waals surface area contributed by atoms with Gasteiger partial charge in [0.2, 0.25) is 0 Å². The second-order valence-electron chi connectivity index (χ2n) is 6.66. The number of benzene rings is 3. The molecule has 5 heteroatoms. The molecule has 0 unspecified atom stereocenters. The largest absolute Gasteiger partial charge is 0.345 e. The van der Waals surface area contributed by atoms with Gasteiger partial charge in [0, 0.05) is 10.3 Å². The third-order valence-electron chi connectivity index (χ3n) is 4.64. The Morgan fingerprint density at radius 2 is 1.66 bits per heavy atom. The van der Waals surface area contributed by atoms with E-state index >= 15 is 0 Å². The summed E-state index contributed by atoms with van der Waals surface area (Å²) in [5.41, 5.74) is 2.44. The molecule has 1 amide bonds. The van der Waals surface area contributed by atoms with Gasteiger partial charge in [-0.3, -0.25) is 4.79 Å². The molecule has 0 saturated heterocycles. The van der Waals surface area contributed by atoms with Crippen LogP contribution in [0.4, 0.5) is 0 Å². The van der Waals surface area contributed by atoms with E-state index in [0.29, 0.717) is 10.6 Å². The van der Waals surface area contributed by atoms with Crippen molar-refractivity contribution in [3.63, 3.8) is 0 Å². The van der Waals surface area contributed by atoms with E-state index in [2.05, 4.69) is 5.32 Å². The van der Waals surface area contributed by atoms with Crippen molar-refractivity contribution in [2.75, 3.05) is 0 Å². The molecular weight excluding hydrogens is 400 g/mol. The van der Waals surface area contributed by atoms with Crippen molar-refractivity contribution in [2.24, 2.45) is 0 Å². The highest BCUT2D eigenvalue weighted by Crippen LogP contribution is 2.34. The highest BCUT2D eigenvalue weighted by molar-refractivity contribution is 7.99. The Bertz CT molecular complexity index is 1160. The van der Waals surface area contributed by atoms with Gasteiger partial charge >= 0.3 is 0 Å². The molecule has 144 valence electrons. The normalized spacial score (nSPS) is 11.9. The number of hydrogen-bond donors (Lipinski definition) is 1. The van der Waals surface area contributed by atoms with Crippen molar-refractivity contribution in [3.8, 4) is 0 Å². The van der Waals surface area contributed by atoms with Crippen LogP contribution in [0.2, 0.25) is 5.02 Å². The van der Waals surface area contributed by atoms with Crippen LogP contribution >= 0.6 is 23.4 Å². The van der Waals surface area contributed by atoms with Crippen molar-refractivity contribution >= 4 is 40.2 Å². The first kappa shape index (κ1) is 19.5. The quantitative estimate of drug-likeness (QED) is 0.400. The minimum atomic E-state index is -0.124. The van der Waals surface area contributed by atoms with Crippen LogP contribution < -0.4 is 5.32 Å². The van der Waals surface area contributed by atoms with Crippen LogP contribution in [-0.4, -0.2) is 10.9 Å². The summed E-state index contributed by atoms with van der Waals surface area (Å²) >= 11 is 7.76. The molecule has 0 saturated carbocycles. The van der Waals surface area contributed by atoms with Gasteiger partial charge in [-0.25, -0.2) is 4.98 Å². The van der Waals surface area contributed by atoms with Crippen LogP contribution in [0.5, 0.6) is 0 Å². The molecular formula is C24H19ClN2OS. The van der Waals surface area contributed by atoms with Gasteiger partial charge in [-0.05, 0) is 36.8 Å². The molecule has 0 spiro atoms. The van der Waals surface area contributed by atoms with Gasteiger partial charge in [-0.1, -0.05) is 84.0 Å². The molecule has 1 heterocycles. The lowest BCUT2D eigenvalue weighted by atomic mass is 10.1. The number of carbonyl (C=O) groups excluding carboxylic acids is 1. The number of hydrogen-bond acceptors (Lipinski definition) is 3. The van der Waals surface area contributed by atoms with E-state index in [4.69, 9.17) is 16.6 Å². The molecule has 1 N–H and O–H groups in total. The van der Waals surface area contributed by atoms with Crippen LogP contribution in [-0.2, 0) is 0 Å². The Kier molecular flexibility index (Phi) is 5.84. The van der Waals surface area contributed by atoms with Crippen molar-refractivity contribution in [3.05, 3.63) is 101 Å². The second kappa shape index (κ2) is 8.68. The number of carbonyl (C=O) groups is 1. The van der Waals surface area contributed by atoms with Gasteiger partial charge in [-0.15, -0.1) is 0 Å². The molecule has 0 fully saturated rings. The number of halogens is 1. The average Bonchev–Trinajstić information content (AvgIpc) is 2.75. The lowest BCUT2D eigenvalue weighted by Gasteiger charge is -2.16. The Labute approximate surface area is 179 Å². The minimum absolute atomic E-state index is 0.102. The van der Waals surface area contributed by atoms with Gasteiger partial charge in [-0.2, -0.15) is 0 Å². The summed E-state index contributed by atoms with van der Waals surface area (Å²) in [6.07, 6.45) is 0. The van der Waals surface area contributed by atoms with E-state index in [9.17, 15) is 4.79 Å². The molecule has 4 aromatic rings. The maximum absolute atomic E-state index is 13.1. The summed E-state index contributed by atoms with van der Waals surface area (Å²) in [5.74, 6) is -0.124. The zero-order valence-electron chi connectivity index (χ0n) is 15.8. The van der Waals surface area contributed by atoms with E-state index in [-0.39, 0.29) is 11.9 Å². The number of aromatic nitrogens is 1. The molecule has 0 aliphatic carbocycles. The van der Waals surface area contributed by atoms with Crippen molar-refractivity contribution < 1.29 is 4.79 Å². The third kappa shape index (κ3) is 4.44. The van der Waals surface area contributed by atoms with Crippen molar-refractivity contribution in [1.82, 2.24) is 10.3 Å².